The van der Waals surface area contributed by atoms with Crippen LogP contribution in [0.2, 0.25) is 0 Å². The number of ether oxygens (including phenoxy) is 1. The largest absolute Gasteiger partial charge is 0.383 e. The highest BCUT2D eigenvalue weighted by Crippen LogP contribution is 2.38. The molecule has 3 rings (SSSR count). The summed E-state index contributed by atoms with van der Waals surface area (Å²) in [6, 6.07) is 5.26. The van der Waals surface area contributed by atoms with Gasteiger partial charge in [-0.2, -0.15) is 0 Å². The maximum atomic E-state index is 14.1. The molecular formula is C22H31FNO2. The lowest BCUT2D eigenvalue weighted by Gasteiger charge is -2.40. The Bertz CT molecular complexity index is 612. The fourth-order valence-corrected chi connectivity index (χ4v) is 4.58. The summed E-state index contributed by atoms with van der Waals surface area (Å²) >= 11 is 0. The smallest absolute Gasteiger partial charge is 0.140 e. The maximum Gasteiger partial charge on any atom is 0.140 e. The zero-order chi connectivity index (χ0) is 18.5. The fourth-order valence-electron chi connectivity index (χ4n) is 4.58. The van der Waals surface area contributed by atoms with Gasteiger partial charge in [-0.15, -0.1) is 0 Å². The summed E-state index contributed by atoms with van der Waals surface area (Å²) in [6.45, 7) is 4.89. The minimum Gasteiger partial charge on any atom is -0.383 e. The van der Waals surface area contributed by atoms with Crippen LogP contribution in [0.25, 0.3) is 0 Å². The average molecular weight is 360 g/mol. The Kier molecular flexibility index (Phi) is 6.82. The van der Waals surface area contributed by atoms with Gasteiger partial charge >= 0.3 is 0 Å². The predicted molar refractivity (Wildman–Crippen MR) is 102 cm³/mol. The molecule has 4 heteroatoms. The van der Waals surface area contributed by atoms with Gasteiger partial charge in [-0.05, 0) is 49.3 Å². The molecule has 0 spiro atoms. The zero-order valence-corrected chi connectivity index (χ0v) is 16.0. The van der Waals surface area contributed by atoms with Crippen LogP contribution in [-0.2, 0) is 9.53 Å². The van der Waals surface area contributed by atoms with Crippen LogP contribution in [0.1, 0.15) is 49.1 Å². The van der Waals surface area contributed by atoms with Crippen molar-refractivity contribution in [2.45, 2.75) is 44.9 Å². The van der Waals surface area contributed by atoms with Gasteiger partial charge in [0.25, 0.3) is 0 Å². The number of hydrogen-bond donors (Lipinski definition) is 0. The standard InChI is InChI=1S/C22H31FNO2/c1-16-18(9-6-10-21(16)23)19-11-12-24(13-14-26-2)15-20(19)22(25)17-7-4-3-5-8-17/h6,9-11,17,19-20H,3-5,7-8,12-15H2,1-2H3/t19-,20+/m1/s1. The summed E-state index contributed by atoms with van der Waals surface area (Å²) in [5.74, 6) is 0.322. The predicted octanol–water partition coefficient (Wildman–Crippen LogP) is 4.15. The number of carbonyl (C=O) groups is 1. The molecule has 2 fully saturated rings. The molecule has 143 valence electrons. The molecule has 26 heavy (non-hydrogen) atoms. The number of halogens is 1. The molecule has 1 aromatic carbocycles. The number of methoxy groups -OCH3 is 1. The van der Waals surface area contributed by atoms with Gasteiger partial charge in [0.05, 0.1) is 6.61 Å². The van der Waals surface area contributed by atoms with Crippen molar-refractivity contribution in [3.05, 3.63) is 41.6 Å². The number of hydrogen-bond acceptors (Lipinski definition) is 3. The molecule has 0 aromatic heterocycles. The molecule has 1 radical (unpaired) electrons. The van der Waals surface area contributed by atoms with Crippen LogP contribution in [0.4, 0.5) is 4.39 Å². The monoisotopic (exact) mass is 360 g/mol. The van der Waals surface area contributed by atoms with Crippen molar-refractivity contribution in [1.29, 1.82) is 0 Å². The first kappa shape index (κ1) is 19.5. The van der Waals surface area contributed by atoms with Crippen LogP contribution in [0, 0.1) is 31.0 Å². The SMILES string of the molecule is COCCN1C[CH][C@H](c2cccc(F)c2C)[C@@H](C(=O)C2CCCCC2)C1. The highest BCUT2D eigenvalue weighted by molar-refractivity contribution is 5.85. The number of benzene rings is 1. The first-order chi connectivity index (χ1) is 12.6. The number of ketones is 1. The van der Waals surface area contributed by atoms with E-state index in [1.54, 1.807) is 13.2 Å². The summed E-state index contributed by atoms with van der Waals surface area (Å²) in [5.41, 5.74) is 1.66. The molecule has 2 atom stereocenters. The van der Waals surface area contributed by atoms with E-state index in [9.17, 15) is 9.18 Å². The number of Topliss-reactive ketones (excluding diaryl/α,β-unsaturated/α-hetero) is 1. The van der Waals surface area contributed by atoms with Gasteiger partial charge in [-0.1, -0.05) is 31.4 Å². The van der Waals surface area contributed by atoms with Crippen molar-refractivity contribution in [2.75, 3.05) is 33.4 Å². The van der Waals surface area contributed by atoms with Gasteiger partial charge in [0.15, 0.2) is 0 Å². The van der Waals surface area contributed by atoms with Crippen molar-refractivity contribution >= 4 is 5.78 Å². The maximum absolute atomic E-state index is 14.1. The first-order valence-electron chi connectivity index (χ1n) is 9.95. The van der Waals surface area contributed by atoms with Crippen LogP contribution in [-0.4, -0.2) is 44.0 Å². The van der Waals surface area contributed by atoms with Crippen molar-refractivity contribution in [3.63, 3.8) is 0 Å². The molecule has 3 nitrogen and oxygen atoms in total. The molecule has 1 heterocycles. The quantitative estimate of drug-likeness (QED) is 0.763. The highest BCUT2D eigenvalue weighted by atomic mass is 19.1. The number of rotatable bonds is 6. The van der Waals surface area contributed by atoms with Crippen LogP contribution < -0.4 is 0 Å². The summed E-state index contributed by atoms with van der Waals surface area (Å²) < 4.78 is 19.3. The Labute approximate surface area is 156 Å². The van der Waals surface area contributed by atoms with Crippen molar-refractivity contribution in [2.24, 2.45) is 11.8 Å². The molecule has 1 aliphatic carbocycles. The van der Waals surface area contributed by atoms with E-state index in [1.165, 1.54) is 12.5 Å². The Morgan fingerprint density at radius 2 is 2.04 bits per heavy atom. The van der Waals surface area contributed by atoms with Crippen molar-refractivity contribution < 1.29 is 13.9 Å². The third kappa shape index (κ3) is 4.34. The zero-order valence-electron chi connectivity index (χ0n) is 16.0. The minimum atomic E-state index is -0.179. The van der Waals surface area contributed by atoms with Crippen LogP contribution >= 0.6 is 0 Å². The van der Waals surface area contributed by atoms with Crippen molar-refractivity contribution in [1.82, 2.24) is 4.90 Å². The second-order valence-electron chi connectivity index (χ2n) is 7.81. The van der Waals surface area contributed by atoms with E-state index in [0.29, 0.717) is 18.0 Å². The molecular weight excluding hydrogens is 329 g/mol. The van der Waals surface area contributed by atoms with Gasteiger partial charge in [0, 0.05) is 38.6 Å². The fraction of sp³-hybridized carbons (Fsp3) is 0.636. The van der Waals surface area contributed by atoms with Gasteiger partial charge in [-0.25, -0.2) is 4.39 Å². The van der Waals surface area contributed by atoms with Gasteiger partial charge in [0.2, 0.25) is 0 Å². The van der Waals surface area contributed by atoms with E-state index in [4.69, 9.17) is 4.74 Å². The summed E-state index contributed by atoms with van der Waals surface area (Å²) in [6.07, 6.45) is 7.80. The third-order valence-corrected chi connectivity index (χ3v) is 6.16. The van der Waals surface area contributed by atoms with E-state index < -0.39 is 0 Å². The Hall–Kier alpha value is -1.26. The van der Waals surface area contributed by atoms with Gasteiger partial charge in [-0.3, -0.25) is 4.79 Å². The number of carbonyl (C=O) groups excluding carboxylic acids is 1. The highest BCUT2D eigenvalue weighted by Gasteiger charge is 2.39. The normalized spacial score (nSPS) is 25.3. The van der Waals surface area contributed by atoms with Gasteiger partial charge < -0.3 is 9.64 Å². The van der Waals surface area contributed by atoms with Crippen LogP contribution in [0.3, 0.4) is 0 Å². The van der Waals surface area contributed by atoms with E-state index in [1.807, 2.05) is 13.0 Å². The summed E-state index contributed by atoms with van der Waals surface area (Å²) in [5, 5.41) is 0. The lowest BCUT2D eigenvalue weighted by atomic mass is 9.71. The second kappa shape index (κ2) is 9.09. The Balaban J connectivity index is 1.83. The van der Waals surface area contributed by atoms with E-state index >= 15 is 0 Å². The van der Waals surface area contributed by atoms with Gasteiger partial charge in [0.1, 0.15) is 11.6 Å². The Morgan fingerprint density at radius 1 is 1.27 bits per heavy atom. The number of piperidine rings is 1. The molecule has 0 bridgehead atoms. The molecule has 2 aliphatic rings. The summed E-state index contributed by atoms with van der Waals surface area (Å²) in [4.78, 5) is 15.7. The Morgan fingerprint density at radius 3 is 2.77 bits per heavy atom. The molecule has 1 aliphatic heterocycles. The number of nitrogens with zero attached hydrogens (tertiary/aromatic N) is 1. The lowest BCUT2D eigenvalue weighted by molar-refractivity contribution is -0.129. The second-order valence-corrected chi connectivity index (χ2v) is 7.81. The van der Waals surface area contributed by atoms with Crippen molar-refractivity contribution in [3.8, 4) is 0 Å². The molecule has 0 unspecified atom stereocenters. The molecule has 0 amide bonds. The van der Waals surface area contributed by atoms with Crippen LogP contribution in [0.5, 0.6) is 0 Å². The summed E-state index contributed by atoms with van der Waals surface area (Å²) in [7, 11) is 1.71. The van der Waals surface area contributed by atoms with E-state index in [-0.39, 0.29) is 23.6 Å². The molecule has 1 aromatic rings. The number of likely N-dealkylation sites (tertiary alicyclic amines) is 1. The van der Waals surface area contributed by atoms with Crippen LogP contribution in [0.15, 0.2) is 18.2 Å². The average Bonchev–Trinajstić information content (AvgIpc) is 2.68. The van der Waals surface area contributed by atoms with E-state index in [0.717, 1.165) is 50.9 Å². The third-order valence-electron chi connectivity index (χ3n) is 6.16. The van der Waals surface area contributed by atoms with E-state index in [2.05, 4.69) is 11.3 Å². The first-order valence-corrected chi connectivity index (χ1v) is 9.95. The topological polar surface area (TPSA) is 29.5 Å². The lowest BCUT2D eigenvalue weighted by Crippen LogP contribution is -2.46. The molecule has 0 N–H and O–H groups in total. The molecule has 1 saturated heterocycles. The minimum absolute atomic E-state index is 0.0129. The molecule has 1 saturated carbocycles.